The third-order valence-electron chi connectivity index (χ3n) is 4.45. The van der Waals surface area contributed by atoms with Gasteiger partial charge in [-0.2, -0.15) is 0 Å². The molecule has 26 heavy (non-hydrogen) atoms. The lowest BCUT2D eigenvalue weighted by Gasteiger charge is -2.31. The third-order valence-corrected chi connectivity index (χ3v) is 4.68. The van der Waals surface area contributed by atoms with Crippen molar-refractivity contribution in [1.29, 1.82) is 0 Å². The molecule has 1 aromatic carbocycles. The van der Waals surface area contributed by atoms with E-state index in [1.54, 1.807) is 27.7 Å². The highest BCUT2D eigenvalue weighted by atomic mass is 35.5. The number of halogens is 1. The van der Waals surface area contributed by atoms with E-state index in [1.165, 1.54) is 0 Å². The summed E-state index contributed by atoms with van der Waals surface area (Å²) in [6, 6.07) is 4.80. The molecule has 2 aromatic rings. The molecule has 0 bridgehead atoms. The second-order valence-electron chi connectivity index (χ2n) is 7.77. The molecule has 0 saturated heterocycles. The number of rotatable bonds is 5. The van der Waals surface area contributed by atoms with Gasteiger partial charge in [0.05, 0.1) is 16.9 Å². The lowest BCUT2D eigenvalue weighted by molar-refractivity contribution is -0.135. The maximum absolute atomic E-state index is 12.9. The van der Waals surface area contributed by atoms with Crippen LogP contribution in [0.15, 0.2) is 23.0 Å². The van der Waals surface area contributed by atoms with E-state index in [9.17, 15) is 9.59 Å². The Bertz CT molecular complexity index is 868. The molecule has 2 rings (SSSR count). The van der Waals surface area contributed by atoms with E-state index in [4.69, 9.17) is 16.6 Å². The van der Waals surface area contributed by atoms with E-state index in [0.717, 1.165) is 0 Å². The molecule has 0 fully saturated rings. The topological polar surface area (TPSA) is 55.2 Å². The van der Waals surface area contributed by atoms with Gasteiger partial charge in [-0.05, 0) is 44.4 Å². The van der Waals surface area contributed by atoms with Crippen LogP contribution in [0.3, 0.4) is 0 Å². The minimum absolute atomic E-state index is 0.0654. The number of aromatic nitrogens is 2. The predicted octanol–water partition coefficient (Wildman–Crippen LogP) is 4.42. The van der Waals surface area contributed by atoms with Crippen molar-refractivity contribution >= 4 is 28.4 Å². The Balaban J connectivity index is 2.56. The van der Waals surface area contributed by atoms with Crippen LogP contribution >= 0.6 is 11.6 Å². The zero-order valence-electron chi connectivity index (χ0n) is 16.5. The molecule has 1 heterocycles. The first-order valence-corrected chi connectivity index (χ1v) is 9.46. The van der Waals surface area contributed by atoms with Crippen LogP contribution in [-0.2, 0) is 11.3 Å². The largest absolute Gasteiger partial charge is 0.333 e. The monoisotopic (exact) mass is 377 g/mol. The van der Waals surface area contributed by atoms with Crippen molar-refractivity contribution in [1.82, 2.24) is 14.5 Å². The smallest absolute Gasteiger partial charge is 0.261 e. The molecule has 0 N–H and O–H groups in total. The fourth-order valence-electron chi connectivity index (χ4n) is 3.20. The number of nitrogens with zero attached hydrogens (tertiary/aromatic N) is 3. The molecular weight excluding hydrogens is 350 g/mol. The molecule has 5 nitrogen and oxygen atoms in total. The fraction of sp³-hybridized carbons (Fsp3) is 0.550. The maximum atomic E-state index is 12.9. The van der Waals surface area contributed by atoms with Gasteiger partial charge in [-0.3, -0.25) is 14.2 Å². The fourth-order valence-corrected chi connectivity index (χ4v) is 3.36. The van der Waals surface area contributed by atoms with E-state index in [2.05, 4.69) is 0 Å². The van der Waals surface area contributed by atoms with Gasteiger partial charge in [0.2, 0.25) is 5.91 Å². The second kappa shape index (κ2) is 7.78. The van der Waals surface area contributed by atoms with Gasteiger partial charge in [0, 0.05) is 24.5 Å². The molecular formula is C20H28ClN3O2. The molecule has 0 saturated carbocycles. The molecule has 1 unspecified atom stereocenters. The summed E-state index contributed by atoms with van der Waals surface area (Å²) >= 11 is 6.08. The number of fused-ring (bicyclic) bond motifs is 1. The highest BCUT2D eigenvalue weighted by Crippen LogP contribution is 2.26. The summed E-state index contributed by atoms with van der Waals surface area (Å²) in [5, 5.41) is 1.07. The van der Waals surface area contributed by atoms with Crippen molar-refractivity contribution < 1.29 is 4.79 Å². The minimum atomic E-state index is -0.300. The molecule has 6 heteroatoms. The van der Waals surface area contributed by atoms with Gasteiger partial charge in [0.15, 0.2) is 0 Å². The molecule has 1 amide bonds. The van der Waals surface area contributed by atoms with Gasteiger partial charge in [-0.15, -0.1) is 0 Å². The van der Waals surface area contributed by atoms with Gasteiger partial charge in [-0.1, -0.05) is 32.4 Å². The average Bonchev–Trinajstić information content (AvgIpc) is 2.53. The first-order valence-electron chi connectivity index (χ1n) is 9.08. The van der Waals surface area contributed by atoms with Crippen molar-refractivity contribution in [2.75, 3.05) is 6.54 Å². The second-order valence-corrected chi connectivity index (χ2v) is 8.21. The zero-order valence-corrected chi connectivity index (χ0v) is 17.2. The number of amides is 1. The van der Waals surface area contributed by atoms with Crippen molar-refractivity contribution in [2.24, 2.45) is 5.41 Å². The van der Waals surface area contributed by atoms with Crippen LogP contribution in [0.25, 0.3) is 10.9 Å². The molecule has 0 spiro atoms. The number of carbonyl (C=O) groups is 1. The van der Waals surface area contributed by atoms with Crippen molar-refractivity contribution in [3.63, 3.8) is 0 Å². The number of carbonyl (C=O) groups excluding carboxylic acids is 1. The molecule has 0 aliphatic heterocycles. The Morgan fingerprint density at radius 3 is 2.50 bits per heavy atom. The Morgan fingerprint density at radius 1 is 1.31 bits per heavy atom. The van der Waals surface area contributed by atoms with Crippen LogP contribution in [0.2, 0.25) is 5.02 Å². The first-order chi connectivity index (χ1) is 12.1. The molecule has 1 aromatic heterocycles. The third kappa shape index (κ3) is 4.26. The lowest BCUT2D eigenvalue weighted by atomic mass is 9.91. The molecule has 0 aliphatic rings. The average molecular weight is 378 g/mol. The SMILES string of the molecule is CCN(C(=O)CC(C)(C)C)C(C)c1nc2cc(Cl)ccc2c(=O)n1CC. The summed E-state index contributed by atoms with van der Waals surface area (Å²) in [5.74, 6) is 0.659. The maximum Gasteiger partial charge on any atom is 0.261 e. The Kier molecular flexibility index (Phi) is 6.12. The summed E-state index contributed by atoms with van der Waals surface area (Å²) in [6.07, 6.45) is 0.445. The minimum Gasteiger partial charge on any atom is -0.333 e. The Morgan fingerprint density at radius 2 is 1.96 bits per heavy atom. The molecule has 1 atom stereocenters. The summed E-state index contributed by atoms with van der Waals surface area (Å²) < 4.78 is 1.65. The molecule has 142 valence electrons. The number of benzene rings is 1. The van der Waals surface area contributed by atoms with E-state index in [1.807, 2.05) is 41.5 Å². The molecule has 0 aliphatic carbocycles. The quantitative estimate of drug-likeness (QED) is 0.775. The summed E-state index contributed by atoms with van der Waals surface area (Å²) in [7, 11) is 0. The first kappa shape index (κ1) is 20.4. The van der Waals surface area contributed by atoms with E-state index in [-0.39, 0.29) is 22.9 Å². The summed E-state index contributed by atoms with van der Waals surface area (Å²) in [6.45, 7) is 13.0. The predicted molar refractivity (Wildman–Crippen MR) is 107 cm³/mol. The Hall–Kier alpha value is -1.88. The summed E-state index contributed by atoms with van der Waals surface area (Å²) in [5.41, 5.74) is 0.364. The standard InChI is InChI=1S/C20H28ClN3O2/c1-7-23(17(25)12-20(4,5)6)13(3)18-22-16-11-14(21)9-10-15(16)19(26)24(18)8-2/h9-11,13H,7-8,12H2,1-6H3. The van der Waals surface area contributed by atoms with Gasteiger partial charge in [-0.25, -0.2) is 4.98 Å². The van der Waals surface area contributed by atoms with Gasteiger partial charge < -0.3 is 4.90 Å². The molecule has 0 radical (unpaired) electrons. The number of hydrogen-bond donors (Lipinski definition) is 0. The highest BCUT2D eigenvalue weighted by molar-refractivity contribution is 6.31. The zero-order chi connectivity index (χ0) is 19.6. The van der Waals surface area contributed by atoms with E-state index >= 15 is 0 Å². The number of hydrogen-bond acceptors (Lipinski definition) is 3. The van der Waals surface area contributed by atoms with Crippen LogP contribution in [-0.4, -0.2) is 26.9 Å². The highest BCUT2D eigenvalue weighted by Gasteiger charge is 2.27. The summed E-state index contributed by atoms with van der Waals surface area (Å²) in [4.78, 5) is 32.2. The normalized spacial score (nSPS) is 13.0. The lowest BCUT2D eigenvalue weighted by Crippen LogP contribution is -2.38. The van der Waals surface area contributed by atoms with E-state index < -0.39 is 0 Å². The van der Waals surface area contributed by atoms with Crippen LogP contribution in [0.5, 0.6) is 0 Å². The van der Waals surface area contributed by atoms with Crippen molar-refractivity contribution in [2.45, 2.75) is 60.5 Å². The van der Waals surface area contributed by atoms with Crippen LogP contribution < -0.4 is 5.56 Å². The van der Waals surface area contributed by atoms with Gasteiger partial charge in [0.25, 0.3) is 5.56 Å². The van der Waals surface area contributed by atoms with Gasteiger partial charge >= 0.3 is 0 Å². The van der Waals surface area contributed by atoms with Crippen LogP contribution in [0.1, 0.15) is 59.8 Å². The van der Waals surface area contributed by atoms with Crippen molar-refractivity contribution in [3.05, 3.63) is 39.4 Å². The van der Waals surface area contributed by atoms with Gasteiger partial charge in [0.1, 0.15) is 5.82 Å². The van der Waals surface area contributed by atoms with E-state index in [0.29, 0.717) is 41.3 Å². The van der Waals surface area contributed by atoms with Crippen LogP contribution in [0.4, 0.5) is 0 Å². The Labute approximate surface area is 160 Å². The van der Waals surface area contributed by atoms with Crippen molar-refractivity contribution in [3.8, 4) is 0 Å². The van der Waals surface area contributed by atoms with Crippen LogP contribution in [0, 0.1) is 5.41 Å².